The van der Waals surface area contributed by atoms with Crippen LogP contribution in [0, 0.1) is 0 Å². The zero-order valence-electron chi connectivity index (χ0n) is 9.24. The van der Waals surface area contributed by atoms with E-state index in [1.807, 2.05) is 48.5 Å². The number of nitrogens with zero attached hydrogens (tertiary/aromatic N) is 3. The summed E-state index contributed by atoms with van der Waals surface area (Å²) in [6, 6.07) is 15.6. The third-order valence-electron chi connectivity index (χ3n) is 2.63. The topological polar surface area (TPSA) is 56.7 Å². The summed E-state index contributed by atoms with van der Waals surface area (Å²) in [5.74, 6) is 0. The minimum atomic E-state index is 0.662. The molecular formula is C13H12N4. The number of rotatable bonds is 2. The molecule has 0 aliphatic heterocycles. The Labute approximate surface area is 98.7 Å². The van der Waals surface area contributed by atoms with Gasteiger partial charge in [0.25, 0.3) is 0 Å². The lowest BCUT2D eigenvalue weighted by Gasteiger charge is -2.00. The van der Waals surface area contributed by atoms with E-state index in [0.29, 0.717) is 6.54 Å². The fraction of sp³-hybridized carbons (Fsp3) is 0.0769. The molecule has 0 saturated heterocycles. The van der Waals surface area contributed by atoms with Crippen LogP contribution in [-0.4, -0.2) is 15.0 Å². The number of benzene rings is 2. The van der Waals surface area contributed by atoms with Gasteiger partial charge < -0.3 is 5.73 Å². The number of nitrogens with two attached hydrogens (primary N) is 1. The van der Waals surface area contributed by atoms with Crippen LogP contribution in [0.2, 0.25) is 0 Å². The molecule has 1 heterocycles. The summed E-state index contributed by atoms with van der Waals surface area (Å²) < 4.78 is 0. The molecule has 0 aliphatic rings. The van der Waals surface area contributed by atoms with E-state index in [9.17, 15) is 0 Å². The molecule has 0 amide bonds. The Morgan fingerprint density at radius 3 is 2.06 bits per heavy atom. The minimum absolute atomic E-state index is 0.662. The highest BCUT2D eigenvalue weighted by atomic mass is 15.5. The maximum Gasteiger partial charge on any atom is 0.113 e. The van der Waals surface area contributed by atoms with Gasteiger partial charge in [-0.25, -0.2) is 0 Å². The molecule has 17 heavy (non-hydrogen) atoms. The first kappa shape index (κ1) is 9.84. The molecule has 0 fully saturated rings. The van der Waals surface area contributed by atoms with E-state index in [4.69, 9.17) is 5.73 Å². The Morgan fingerprint density at radius 2 is 1.47 bits per heavy atom. The Kier molecular flexibility index (Phi) is 2.26. The standard InChI is InChI=1S/C13H12N4/c14-11-7-5-10(6-8-11)9-17-15-12-3-1-2-4-13(12)16-17/h1-8H,9,14H2. The minimum Gasteiger partial charge on any atom is -0.399 e. The Bertz CT molecular complexity index is 607. The van der Waals surface area contributed by atoms with E-state index < -0.39 is 0 Å². The van der Waals surface area contributed by atoms with Gasteiger partial charge in [-0.1, -0.05) is 24.3 Å². The lowest BCUT2D eigenvalue weighted by atomic mass is 10.2. The molecular weight excluding hydrogens is 212 g/mol. The average molecular weight is 224 g/mol. The van der Waals surface area contributed by atoms with Gasteiger partial charge in [0, 0.05) is 5.69 Å². The summed E-state index contributed by atoms with van der Waals surface area (Å²) in [4.78, 5) is 1.70. The molecule has 0 unspecified atom stereocenters. The van der Waals surface area contributed by atoms with Crippen molar-refractivity contribution < 1.29 is 0 Å². The summed E-state index contributed by atoms with van der Waals surface area (Å²) in [5.41, 5.74) is 9.39. The average Bonchev–Trinajstić information content (AvgIpc) is 2.74. The van der Waals surface area contributed by atoms with Crippen LogP contribution >= 0.6 is 0 Å². The summed E-state index contributed by atoms with van der Waals surface area (Å²) in [6.07, 6.45) is 0. The van der Waals surface area contributed by atoms with Crippen LogP contribution in [-0.2, 0) is 6.54 Å². The Morgan fingerprint density at radius 1 is 0.882 bits per heavy atom. The molecule has 84 valence electrons. The molecule has 4 heteroatoms. The van der Waals surface area contributed by atoms with Crippen molar-refractivity contribution >= 4 is 16.7 Å². The maximum atomic E-state index is 5.64. The number of aromatic nitrogens is 3. The molecule has 2 N–H and O–H groups in total. The molecule has 0 saturated carbocycles. The SMILES string of the molecule is Nc1ccc(Cn2nc3ccccc3n2)cc1. The second kappa shape index (κ2) is 3.90. The predicted molar refractivity (Wildman–Crippen MR) is 67.5 cm³/mol. The van der Waals surface area contributed by atoms with Crippen molar-refractivity contribution in [3.63, 3.8) is 0 Å². The van der Waals surface area contributed by atoms with Crippen molar-refractivity contribution in [1.29, 1.82) is 0 Å². The number of fused-ring (bicyclic) bond motifs is 1. The summed E-state index contributed by atoms with van der Waals surface area (Å²) in [6.45, 7) is 0.662. The van der Waals surface area contributed by atoms with Crippen LogP contribution in [0.3, 0.4) is 0 Å². The van der Waals surface area contributed by atoms with Crippen molar-refractivity contribution in [2.45, 2.75) is 6.54 Å². The van der Waals surface area contributed by atoms with E-state index in [1.165, 1.54) is 0 Å². The second-order valence-corrected chi connectivity index (χ2v) is 3.96. The third kappa shape index (κ3) is 1.97. The Hall–Kier alpha value is -2.36. The molecule has 0 atom stereocenters. The lowest BCUT2D eigenvalue weighted by molar-refractivity contribution is 0.600. The smallest absolute Gasteiger partial charge is 0.113 e. The fourth-order valence-electron chi connectivity index (χ4n) is 1.76. The first-order valence-corrected chi connectivity index (χ1v) is 5.45. The van der Waals surface area contributed by atoms with E-state index in [-0.39, 0.29) is 0 Å². The van der Waals surface area contributed by atoms with Crippen molar-refractivity contribution in [1.82, 2.24) is 15.0 Å². The van der Waals surface area contributed by atoms with E-state index in [2.05, 4.69) is 10.2 Å². The molecule has 2 aromatic carbocycles. The molecule has 0 spiro atoms. The highest BCUT2D eigenvalue weighted by Gasteiger charge is 2.01. The predicted octanol–water partition coefficient (Wildman–Crippen LogP) is 2.06. The summed E-state index contributed by atoms with van der Waals surface area (Å²) >= 11 is 0. The number of hydrogen-bond donors (Lipinski definition) is 1. The van der Waals surface area contributed by atoms with Gasteiger partial charge in [0.1, 0.15) is 11.0 Å². The number of hydrogen-bond acceptors (Lipinski definition) is 3. The molecule has 0 bridgehead atoms. The number of anilines is 1. The normalized spacial score (nSPS) is 10.8. The Balaban J connectivity index is 1.92. The van der Waals surface area contributed by atoms with Gasteiger partial charge in [0.05, 0.1) is 6.54 Å². The van der Waals surface area contributed by atoms with E-state index in [1.54, 1.807) is 4.80 Å². The molecule has 4 nitrogen and oxygen atoms in total. The number of nitrogen functional groups attached to an aromatic ring is 1. The molecule has 0 radical (unpaired) electrons. The van der Waals surface area contributed by atoms with Gasteiger partial charge in [-0.15, -0.1) is 0 Å². The van der Waals surface area contributed by atoms with Gasteiger partial charge in [-0.2, -0.15) is 15.0 Å². The highest BCUT2D eigenvalue weighted by Crippen LogP contribution is 2.10. The van der Waals surface area contributed by atoms with Crippen LogP contribution in [0.25, 0.3) is 11.0 Å². The highest BCUT2D eigenvalue weighted by molar-refractivity contribution is 5.72. The van der Waals surface area contributed by atoms with E-state index in [0.717, 1.165) is 22.3 Å². The zero-order valence-corrected chi connectivity index (χ0v) is 9.24. The van der Waals surface area contributed by atoms with Crippen LogP contribution in [0.1, 0.15) is 5.56 Å². The van der Waals surface area contributed by atoms with Gasteiger partial charge in [-0.05, 0) is 29.8 Å². The van der Waals surface area contributed by atoms with Crippen molar-refractivity contribution in [3.05, 3.63) is 54.1 Å². The zero-order chi connectivity index (χ0) is 11.7. The largest absolute Gasteiger partial charge is 0.399 e. The first-order valence-electron chi connectivity index (χ1n) is 5.45. The first-order chi connectivity index (χ1) is 8.31. The van der Waals surface area contributed by atoms with E-state index >= 15 is 0 Å². The van der Waals surface area contributed by atoms with Crippen molar-refractivity contribution in [3.8, 4) is 0 Å². The third-order valence-corrected chi connectivity index (χ3v) is 2.63. The van der Waals surface area contributed by atoms with Crippen molar-refractivity contribution in [2.75, 3.05) is 5.73 Å². The van der Waals surface area contributed by atoms with Gasteiger partial charge >= 0.3 is 0 Å². The second-order valence-electron chi connectivity index (χ2n) is 3.96. The lowest BCUT2D eigenvalue weighted by Crippen LogP contribution is -2.03. The molecule has 0 aliphatic carbocycles. The van der Waals surface area contributed by atoms with Crippen molar-refractivity contribution in [2.24, 2.45) is 0 Å². The summed E-state index contributed by atoms with van der Waals surface area (Å²) in [7, 11) is 0. The van der Waals surface area contributed by atoms with Gasteiger partial charge in [0.2, 0.25) is 0 Å². The summed E-state index contributed by atoms with van der Waals surface area (Å²) in [5, 5.41) is 8.81. The van der Waals surface area contributed by atoms with Crippen LogP contribution in [0.4, 0.5) is 5.69 Å². The van der Waals surface area contributed by atoms with Crippen LogP contribution < -0.4 is 5.73 Å². The molecule has 1 aromatic heterocycles. The fourth-order valence-corrected chi connectivity index (χ4v) is 1.76. The van der Waals surface area contributed by atoms with Gasteiger partial charge in [-0.3, -0.25) is 0 Å². The monoisotopic (exact) mass is 224 g/mol. The molecule has 3 aromatic rings. The van der Waals surface area contributed by atoms with Gasteiger partial charge in [0.15, 0.2) is 0 Å². The quantitative estimate of drug-likeness (QED) is 0.678. The molecule has 3 rings (SSSR count). The van der Waals surface area contributed by atoms with Crippen LogP contribution in [0.5, 0.6) is 0 Å². The van der Waals surface area contributed by atoms with Crippen LogP contribution in [0.15, 0.2) is 48.5 Å². The maximum absolute atomic E-state index is 5.64.